The van der Waals surface area contributed by atoms with Crippen molar-refractivity contribution in [3.63, 3.8) is 0 Å². The van der Waals surface area contributed by atoms with E-state index in [0.717, 1.165) is 32.4 Å². The number of carbonyl (C=O) groups is 1. The summed E-state index contributed by atoms with van der Waals surface area (Å²) in [5.74, 6) is 0. The summed E-state index contributed by atoms with van der Waals surface area (Å²) in [5.41, 5.74) is 0. The van der Waals surface area contributed by atoms with Gasteiger partial charge in [-0.3, -0.25) is 0 Å². The summed E-state index contributed by atoms with van der Waals surface area (Å²) in [6, 6.07) is 0.420. The lowest BCUT2D eigenvalue weighted by molar-refractivity contribution is 0.198. The first-order valence-electron chi connectivity index (χ1n) is 5.74. The molecule has 0 saturated heterocycles. The van der Waals surface area contributed by atoms with Gasteiger partial charge in [0, 0.05) is 19.1 Å². The van der Waals surface area contributed by atoms with Gasteiger partial charge in [-0.2, -0.15) is 0 Å². The molecule has 0 radical (unpaired) electrons. The third-order valence-electron chi connectivity index (χ3n) is 2.51. The molecule has 0 rings (SSSR count). The highest BCUT2D eigenvalue weighted by molar-refractivity contribution is 5.74. The van der Waals surface area contributed by atoms with E-state index in [-0.39, 0.29) is 6.03 Å². The van der Waals surface area contributed by atoms with Crippen LogP contribution in [-0.4, -0.2) is 30.1 Å². The van der Waals surface area contributed by atoms with Gasteiger partial charge in [0.1, 0.15) is 0 Å². The molecule has 3 nitrogen and oxygen atoms in total. The number of nitrogens with zero attached hydrogens (tertiary/aromatic N) is 1. The van der Waals surface area contributed by atoms with Crippen molar-refractivity contribution in [3.05, 3.63) is 0 Å². The molecule has 2 amide bonds. The van der Waals surface area contributed by atoms with Gasteiger partial charge in [-0.25, -0.2) is 4.79 Å². The zero-order chi connectivity index (χ0) is 11.0. The van der Waals surface area contributed by atoms with Crippen molar-refractivity contribution in [1.82, 2.24) is 10.2 Å². The Bertz CT molecular complexity index is 155. The molecule has 14 heavy (non-hydrogen) atoms. The summed E-state index contributed by atoms with van der Waals surface area (Å²) in [7, 11) is 0. The molecule has 0 aromatic heterocycles. The van der Waals surface area contributed by atoms with Crippen molar-refractivity contribution >= 4 is 6.03 Å². The largest absolute Gasteiger partial charge is 0.335 e. The monoisotopic (exact) mass is 200 g/mol. The number of hydrogen-bond donors (Lipinski definition) is 1. The van der Waals surface area contributed by atoms with Gasteiger partial charge >= 0.3 is 6.03 Å². The molecule has 1 unspecified atom stereocenters. The highest BCUT2D eigenvalue weighted by Gasteiger charge is 2.13. The van der Waals surface area contributed by atoms with Crippen LogP contribution in [-0.2, 0) is 0 Å². The van der Waals surface area contributed by atoms with E-state index >= 15 is 0 Å². The summed E-state index contributed by atoms with van der Waals surface area (Å²) in [6.45, 7) is 9.83. The maximum absolute atomic E-state index is 11.7. The van der Waals surface area contributed by atoms with Crippen molar-refractivity contribution in [2.45, 2.75) is 53.0 Å². The predicted molar refractivity (Wildman–Crippen MR) is 60.4 cm³/mol. The molecule has 0 spiro atoms. The topological polar surface area (TPSA) is 32.3 Å². The Labute approximate surface area is 87.9 Å². The minimum absolute atomic E-state index is 0.0790. The third kappa shape index (κ3) is 4.49. The second kappa shape index (κ2) is 7.65. The lowest BCUT2D eigenvalue weighted by Crippen LogP contribution is -2.44. The van der Waals surface area contributed by atoms with Crippen LogP contribution in [0.3, 0.4) is 0 Å². The van der Waals surface area contributed by atoms with E-state index in [1.165, 1.54) is 0 Å². The Hall–Kier alpha value is -0.730. The molecule has 1 N–H and O–H groups in total. The maximum Gasteiger partial charge on any atom is 0.317 e. The van der Waals surface area contributed by atoms with E-state index in [1.54, 1.807) is 0 Å². The van der Waals surface area contributed by atoms with Gasteiger partial charge < -0.3 is 10.2 Å². The molecular weight excluding hydrogens is 176 g/mol. The first-order chi connectivity index (χ1) is 6.69. The summed E-state index contributed by atoms with van der Waals surface area (Å²) >= 11 is 0. The summed E-state index contributed by atoms with van der Waals surface area (Å²) in [6.07, 6.45) is 3.21. The van der Waals surface area contributed by atoms with E-state index < -0.39 is 0 Å². The minimum Gasteiger partial charge on any atom is -0.335 e. The average Bonchev–Trinajstić information content (AvgIpc) is 2.19. The van der Waals surface area contributed by atoms with Crippen molar-refractivity contribution in [1.29, 1.82) is 0 Å². The van der Waals surface area contributed by atoms with Crippen LogP contribution >= 0.6 is 0 Å². The van der Waals surface area contributed by atoms with Gasteiger partial charge in [-0.15, -0.1) is 0 Å². The van der Waals surface area contributed by atoms with Gasteiger partial charge in [-0.1, -0.05) is 20.3 Å². The Morgan fingerprint density at radius 2 is 1.79 bits per heavy atom. The fraction of sp³-hybridized carbons (Fsp3) is 0.909. The molecule has 0 aliphatic heterocycles. The first-order valence-corrected chi connectivity index (χ1v) is 5.74. The van der Waals surface area contributed by atoms with E-state index in [2.05, 4.69) is 19.2 Å². The molecular formula is C11H24N2O. The number of amides is 2. The van der Waals surface area contributed by atoms with Crippen LogP contribution in [0.1, 0.15) is 47.0 Å². The number of nitrogens with one attached hydrogen (secondary N) is 1. The average molecular weight is 200 g/mol. The second-order valence-electron chi connectivity index (χ2n) is 3.52. The molecule has 0 fully saturated rings. The number of rotatable bonds is 6. The van der Waals surface area contributed by atoms with Gasteiger partial charge in [0.15, 0.2) is 0 Å². The predicted octanol–water partition coefficient (Wildman–Crippen LogP) is 2.62. The Kier molecular flexibility index (Phi) is 7.25. The Morgan fingerprint density at radius 3 is 2.14 bits per heavy atom. The van der Waals surface area contributed by atoms with Crippen molar-refractivity contribution in [2.75, 3.05) is 13.1 Å². The Balaban J connectivity index is 3.99. The van der Waals surface area contributed by atoms with Crippen LogP contribution < -0.4 is 5.32 Å². The van der Waals surface area contributed by atoms with Crippen LogP contribution in [0.15, 0.2) is 0 Å². The van der Waals surface area contributed by atoms with Crippen LogP contribution in [0.2, 0.25) is 0 Å². The third-order valence-corrected chi connectivity index (χ3v) is 2.51. The Morgan fingerprint density at radius 1 is 1.21 bits per heavy atom. The van der Waals surface area contributed by atoms with E-state index in [0.29, 0.717) is 6.04 Å². The molecule has 0 aliphatic carbocycles. The summed E-state index contributed by atoms with van der Waals surface area (Å²) in [5, 5.41) is 3.06. The molecule has 0 heterocycles. The van der Waals surface area contributed by atoms with Crippen molar-refractivity contribution in [3.8, 4) is 0 Å². The quantitative estimate of drug-likeness (QED) is 0.702. The highest BCUT2D eigenvalue weighted by Crippen LogP contribution is 2.02. The number of carbonyl (C=O) groups excluding carboxylic acids is 1. The molecule has 84 valence electrons. The molecule has 0 saturated carbocycles. The molecule has 0 aliphatic rings. The number of urea groups is 1. The van der Waals surface area contributed by atoms with Gasteiger partial charge in [0.05, 0.1) is 0 Å². The number of hydrogen-bond acceptors (Lipinski definition) is 1. The van der Waals surface area contributed by atoms with Gasteiger partial charge in [0.2, 0.25) is 0 Å². The lowest BCUT2D eigenvalue weighted by Gasteiger charge is -2.23. The van der Waals surface area contributed by atoms with Crippen LogP contribution in [0.5, 0.6) is 0 Å². The first kappa shape index (κ1) is 13.3. The second-order valence-corrected chi connectivity index (χ2v) is 3.52. The SMILES string of the molecule is CCCC(CC)NC(=O)N(CC)CC. The fourth-order valence-corrected chi connectivity index (χ4v) is 1.50. The highest BCUT2D eigenvalue weighted by atomic mass is 16.2. The van der Waals surface area contributed by atoms with Crippen LogP contribution in [0.4, 0.5) is 4.79 Å². The smallest absolute Gasteiger partial charge is 0.317 e. The zero-order valence-electron chi connectivity index (χ0n) is 9.97. The van der Waals surface area contributed by atoms with Crippen molar-refractivity contribution < 1.29 is 4.79 Å². The zero-order valence-corrected chi connectivity index (χ0v) is 9.97. The van der Waals surface area contributed by atoms with Crippen LogP contribution in [0.25, 0.3) is 0 Å². The van der Waals surface area contributed by atoms with Crippen LogP contribution in [0, 0.1) is 0 Å². The molecule has 0 aromatic carbocycles. The van der Waals surface area contributed by atoms with Crippen molar-refractivity contribution in [2.24, 2.45) is 0 Å². The maximum atomic E-state index is 11.7. The summed E-state index contributed by atoms with van der Waals surface area (Å²) < 4.78 is 0. The fourth-order valence-electron chi connectivity index (χ4n) is 1.50. The minimum atomic E-state index is 0.0790. The van der Waals surface area contributed by atoms with Gasteiger partial charge in [-0.05, 0) is 26.7 Å². The van der Waals surface area contributed by atoms with E-state index in [9.17, 15) is 4.79 Å². The molecule has 3 heteroatoms. The van der Waals surface area contributed by atoms with Gasteiger partial charge in [0.25, 0.3) is 0 Å². The molecule has 0 aromatic rings. The molecule has 0 bridgehead atoms. The summed E-state index contributed by atoms with van der Waals surface area (Å²) in [4.78, 5) is 13.5. The normalized spacial score (nSPS) is 12.3. The van der Waals surface area contributed by atoms with E-state index in [1.807, 2.05) is 18.7 Å². The molecule has 1 atom stereocenters. The lowest BCUT2D eigenvalue weighted by atomic mass is 10.1. The standard InChI is InChI=1S/C11H24N2O/c1-5-9-10(6-2)12-11(14)13(7-3)8-4/h10H,5-9H2,1-4H3,(H,12,14). The van der Waals surface area contributed by atoms with E-state index in [4.69, 9.17) is 0 Å².